The van der Waals surface area contributed by atoms with E-state index in [2.05, 4.69) is 6.07 Å². The Hall–Kier alpha value is -3.12. The highest BCUT2D eigenvalue weighted by atomic mass is 16.5. The number of hydrogen-bond donors (Lipinski definition) is 0. The number of benzene rings is 2. The molecule has 2 aromatic rings. The zero-order valence-electron chi connectivity index (χ0n) is 15.5. The predicted molar refractivity (Wildman–Crippen MR) is 101 cm³/mol. The van der Waals surface area contributed by atoms with Gasteiger partial charge in [0.15, 0.2) is 0 Å². The topological polar surface area (TPSA) is 65.1 Å². The lowest BCUT2D eigenvalue weighted by atomic mass is 10.0. The van der Waals surface area contributed by atoms with Crippen LogP contribution in [0.15, 0.2) is 59.8 Å². The Morgan fingerprint density at radius 3 is 2.30 bits per heavy atom. The molecule has 1 aliphatic rings. The third kappa shape index (κ3) is 3.85. The summed E-state index contributed by atoms with van der Waals surface area (Å²) in [5.41, 5.74) is 4.33. The molecule has 3 rings (SSSR count). The number of esters is 2. The number of hydrogen-bond acceptors (Lipinski definition) is 6. The van der Waals surface area contributed by atoms with Gasteiger partial charge in [0.1, 0.15) is 12.4 Å². The summed E-state index contributed by atoms with van der Waals surface area (Å²) in [6.45, 7) is 2.18. The van der Waals surface area contributed by atoms with Gasteiger partial charge in [-0.05, 0) is 30.2 Å². The summed E-state index contributed by atoms with van der Waals surface area (Å²) in [4.78, 5) is 26.0. The van der Waals surface area contributed by atoms with Crippen LogP contribution in [-0.4, -0.2) is 39.5 Å². The van der Waals surface area contributed by atoms with Crippen LogP contribution in [0.25, 0.3) is 11.1 Å². The number of rotatable bonds is 4. The number of anilines is 1. The summed E-state index contributed by atoms with van der Waals surface area (Å²) in [7, 11) is 2.54. The molecule has 0 amide bonds. The van der Waals surface area contributed by atoms with Crippen molar-refractivity contribution in [2.24, 2.45) is 0 Å². The van der Waals surface area contributed by atoms with Crippen LogP contribution in [0.5, 0.6) is 0 Å². The third-order valence-electron chi connectivity index (χ3n) is 4.36. The molecular formula is C21H21NO5. The molecule has 0 bridgehead atoms. The van der Waals surface area contributed by atoms with Gasteiger partial charge in [-0.1, -0.05) is 42.0 Å². The molecule has 1 aliphatic heterocycles. The maximum absolute atomic E-state index is 12.3. The van der Waals surface area contributed by atoms with E-state index in [1.165, 1.54) is 19.8 Å². The fraction of sp³-hybridized carbons (Fsp3) is 0.238. The number of aryl methyl sites for hydroxylation is 1. The predicted octanol–water partition coefficient (Wildman–Crippen LogP) is 3.06. The van der Waals surface area contributed by atoms with Gasteiger partial charge in [-0.15, -0.1) is 0 Å². The maximum Gasteiger partial charge on any atom is 0.355 e. The van der Waals surface area contributed by atoms with Crippen LogP contribution in [-0.2, 0) is 23.8 Å². The van der Waals surface area contributed by atoms with Crippen molar-refractivity contribution >= 4 is 17.6 Å². The second-order valence-electron chi connectivity index (χ2n) is 6.13. The van der Waals surface area contributed by atoms with Crippen molar-refractivity contribution in [3.63, 3.8) is 0 Å². The summed E-state index contributed by atoms with van der Waals surface area (Å²) in [5, 5.41) is 0. The van der Waals surface area contributed by atoms with Crippen LogP contribution >= 0.6 is 0 Å². The molecule has 0 fully saturated rings. The van der Waals surface area contributed by atoms with Crippen molar-refractivity contribution in [1.29, 1.82) is 0 Å². The van der Waals surface area contributed by atoms with Gasteiger partial charge in [0, 0.05) is 5.69 Å². The van der Waals surface area contributed by atoms with Crippen molar-refractivity contribution in [3.05, 3.63) is 65.4 Å². The molecule has 0 N–H and O–H groups in total. The van der Waals surface area contributed by atoms with Crippen LogP contribution in [0.4, 0.5) is 5.69 Å². The zero-order valence-corrected chi connectivity index (χ0v) is 15.5. The smallest absolute Gasteiger partial charge is 0.355 e. The molecule has 6 nitrogen and oxygen atoms in total. The lowest BCUT2D eigenvalue weighted by molar-refractivity contribution is -0.140. The van der Waals surface area contributed by atoms with Gasteiger partial charge < -0.3 is 19.1 Å². The highest BCUT2D eigenvalue weighted by Crippen LogP contribution is 2.29. The van der Waals surface area contributed by atoms with E-state index >= 15 is 0 Å². The van der Waals surface area contributed by atoms with Gasteiger partial charge in [-0.25, -0.2) is 9.59 Å². The van der Waals surface area contributed by atoms with Crippen LogP contribution in [0.2, 0.25) is 0 Å². The van der Waals surface area contributed by atoms with Crippen molar-refractivity contribution in [2.75, 3.05) is 32.5 Å². The van der Waals surface area contributed by atoms with Gasteiger partial charge >= 0.3 is 11.9 Å². The van der Waals surface area contributed by atoms with Crippen molar-refractivity contribution < 1.29 is 23.8 Å². The Morgan fingerprint density at radius 2 is 1.67 bits per heavy atom. The Bertz CT molecular complexity index is 886. The second-order valence-corrected chi connectivity index (χ2v) is 6.13. The minimum absolute atomic E-state index is 0.00498. The maximum atomic E-state index is 12.3. The van der Waals surface area contributed by atoms with Crippen LogP contribution in [0, 0.1) is 6.92 Å². The molecular weight excluding hydrogens is 346 g/mol. The Kier molecular flexibility index (Phi) is 5.57. The largest absolute Gasteiger partial charge is 0.466 e. The molecule has 0 aliphatic carbocycles. The lowest BCUT2D eigenvalue weighted by Crippen LogP contribution is -2.38. The Balaban J connectivity index is 1.98. The Morgan fingerprint density at radius 1 is 0.963 bits per heavy atom. The first-order valence-corrected chi connectivity index (χ1v) is 8.47. The zero-order chi connectivity index (χ0) is 19.4. The monoisotopic (exact) mass is 367 g/mol. The highest BCUT2D eigenvalue weighted by molar-refractivity contribution is 6.03. The minimum Gasteiger partial charge on any atom is -0.466 e. The molecule has 27 heavy (non-hydrogen) atoms. The summed E-state index contributed by atoms with van der Waals surface area (Å²) in [6, 6.07) is 15.9. The normalized spacial score (nSPS) is 14.1. The summed E-state index contributed by atoms with van der Waals surface area (Å²) < 4.78 is 15.1. The number of carbonyl (C=O) groups excluding carboxylic acids is 2. The first kappa shape index (κ1) is 18.7. The average molecular weight is 367 g/mol. The van der Waals surface area contributed by atoms with Crippen molar-refractivity contribution in [1.82, 2.24) is 0 Å². The molecule has 0 atom stereocenters. The molecule has 2 aromatic carbocycles. The van der Waals surface area contributed by atoms with E-state index < -0.39 is 11.9 Å². The molecule has 140 valence electrons. The number of nitrogens with zero attached hydrogens (tertiary/aromatic N) is 1. The van der Waals surface area contributed by atoms with Crippen LogP contribution in [0.1, 0.15) is 5.56 Å². The van der Waals surface area contributed by atoms with E-state index in [1.807, 2.05) is 49.4 Å². The van der Waals surface area contributed by atoms with Gasteiger partial charge in [0.2, 0.25) is 0 Å². The van der Waals surface area contributed by atoms with Gasteiger partial charge in [0.05, 0.1) is 26.4 Å². The van der Waals surface area contributed by atoms with Crippen molar-refractivity contribution in [2.45, 2.75) is 6.92 Å². The molecule has 1 heterocycles. The second kappa shape index (κ2) is 8.05. The lowest BCUT2D eigenvalue weighted by Gasteiger charge is -2.31. The van der Waals surface area contributed by atoms with E-state index in [1.54, 1.807) is 4.90 Å². The number of carbonyl (C=O) groups is 2. The van der Waals surface area contributed by atoms with E-state index in [-0.39, 0.29) is 24.6 Å². The van der Waals surface area contributed by atoms with Gasteiger partial charge in [-0.3, -0.25) is 0 Å². The summed E-state index contributed by atoms with van der Waals surface area (Å²) in [6.07, 6.45) is 0. The quantitative estimate of drug-likeness (QED) is 0.774. The van der Waals surface area contributed by atoms with Crippen LogP contribution < -0.4 is 4.90 Å². The standard InChI is InChI=1S/C21H21NO5/c1-14-5-4-6-16(11-14)15-7-9-17(10-8-15)22-13-27-12-18(20(23)25-2)19(22)21(24)26-3/h4-11H,12-13H2,1-3H3. The molecule has 0 aromatic heterocycles. The van der Waals surface area contributed by atoms with Crippen LogP contribution in [0.3, 0.4) is 0 Å². The number of methoxy groups -OCH3 is 2. The molecule has 0 spiro atoms. The van der Waals surface area contributed by atoms with E-state index in [9.17, 15) is 9.59 Å². The average Bonchev–Trinajstić information content (AvgIpc) is 2.72. The highest BCUT2D eigenvalue weighted by Gasteiger charge is 2.32. The fourth-order valence-corrected chi connectivity index (χ4v) is 3.01. The minimum atomic E-state index is -0.614. The first-order chi connectivity index (χ1) is 13.0. The summed E-state index contributed by atoms with van der Waals surface area (Å²) in [5.74, 6) is -1.22. The van der Waals surface area contributed by atoms with Crippen molar-refractivity contribution in [3.8, 4) is 11.1 Å². The van der Waals surface area contributed by atoms with E-state index in [0.717, 1.165) is 11.1 Å². The molecule has 6 heteroatoms. The number of ether oxygens (including phenoxy) is 3. The molecule has 0 unspecified atom stereocenters. The van der Waals surface area contributed by atoms with Gasteiger partial charge in [-0.2, -0.15) is 0 Å². The fourth-order valence-electron chi connectivity index (χ4n) is 3.01. The molecule has 0 saturated carbocycles. The Labute approximate surface area is 158 Å². The summed E-state index contributed by atoms with van der Waals surface area (Å²) >= 11 is 0. The molecule has 0 saturated heterocycles. The van der Waals surface area contributed by atoms with E-state index in [0.29, 0.717) is 5.69 Å². The first-order valence-electron chi connectivity index (χ1n) is 8.47. The van der Waals surface area contributed by atoms with E-state index in [4.69, 9.17) is 14.2 Å². The third-order valence-corrected chi connectivity index (χ3v) is 4.36. The van der Waals surface area contributed by atoms with Gasteiger partial charge in [0.25, 0.3) is 0 Å². The SMILES string of the molecule is COC(=O)C1=C(C(=O)OC)N(c2ccc(-c3cccc(C)c3)cc2)COC1. The molecule has 0 radical (unpaired) electrons.